The van der Waals surface area contributed by atoms with Gasteiger partial charge in [-0.05, 0) is 30.5 Å². The number of imidazole rings is 1. The maximum absolute atomic E-state index is 12.3. The van der Waals surface area contributed by atoms with Crippen molar-refractivity contribution in [3.8, 4) is 0 Å². The van der Waals surface area contributed by atoms with Gasteiger partial charge in [-0.15, -0.1) is 10.2 Å². The number of rotatable bonds is 4. The summed E-state index contributed by atoms with van der Waals surface area (Å²) in [6.45, 7) is 6.24. The van der Waals surface area contributed by atoms with Crippen LogP contribution in [0.5, 0.6) is 0 Å². The summed E-state index contributed by atoms with van der Waals surface area (Å²) < 4.78 is 1.83. The lowest BCUT2D eigenvalue weighted by molar-refractivity contribution is 0.102. The summed E-state index contributed by atoms with van der Waals surface area (Å²) in [6, 6.07) is 3.90. The summed E-state index contributed by atoms with van der Waals surface area (Å²) in [7, 11) is 0. The summed E-state index contributed by atoms with van der Waals surface area (Å²) in [4.78, 5) is 16.6. The van der Waals surface area contributed by atoms with Gasteiger partial charge >= 0.3 is 0 Å². The molecule has 0 fully saturated rings. The van der Waals surface area contributed by atoms with Gasteiger partial charge in [-0.3, -0.25) is 10.1 Å². The molecule has 0 saturated heterocycles. The molecule has 1 amide bonds. The number of anilines is 1. The molecule has 0 unspecified atom stereocenters. The molecule has 3 aromatic rings. The molecule has 0 bridgehead atoms. The zero-order valence-corrected chi connectivity index (χ0v) is 13.5. The minimum absolute atomic E-state index is 0.270. The largest absolute Gasteiger partial charge is 0.306 e. The van der Waals surface area contributed by atoms with E-state index in [0.717, 1.165) is 22.6 Å². The standard InChI is InChI=1S/C15H17N5OS/c1-9(2)6-13-18-19-15(22-13)17-14(21)11-8-20-5-4-10(3)7-12(20)16-11/h4-5,7-9H,6H2,1-3H3,(H,17,19,21). The van der Waals surface area contributed by atoms with Gasteiger partial charge in [0.1, 0.15) is 16.3 Å². The van der Waals surface area contributed by atoms with Gasteiger partial charge in [0.15, 0.2) is 0 Å². The molecule has 0 aliphatic rings. The third kappa shape index (κ3) is 3.14. The van der Waals surface area contributed by atoms with Crippen molar-refractivity contribution in [2.24, 2.45) is 5.92 Å². The molecule has 3 rings (SSSR count). The van der Waals surface area contributed by atoms with E-state index in [9.17, 15) is 4.79 Å². The van der Waals surface area contributed by atoms with Crippen molar-refractivity contribution in [3.63, 3.8) is 0 Å². The van der Waals surface area contributed by atoms with E-state index in [4.69, 9.17) is 0 Å². The van der Waals surface area contributed by atoms with E-state index in [1.54, 1.807) is 6.20 Å². The predicted octanol–water partition coefficient (Wildman–Crippen LogP) is 2.95. The highest BCUT2D eigenvalue weighted by atomic mass is 32.1. The molecule has 114 valence electrons. The Morgan fingerprint density at radius 3 is 3.00 bits per heavy atom. The molecular formula is C15H17N5OS. The molecule has 22 heavy (non-hydrogen) atoms. The fraction of sp³-hybridized carbons (Fsp3) is 0.333. The third-order valence-corrected chi connectivity index (χ3v) is 3.98. The number of carbonyl (C=O) groups is 1. The molecule has 3 heterocycles. The minimum Gasteiger partial charge on any atom is -0.306 e. The van der Waals surface area contributed by atoms with Crippen molar-refractivity contribution in [2.75, 3.05) is 5.32 Å². The summed E-state index contributed by atoms with van der Waals surface area (Å²) in [5.41, 5.74) is 2.22. The van der Waals surface area contributed by atoms with Gasteiger partial charge in [-0.25, -0.2) is 4.98 Å². The number of nitrogens with zero attached hydrogens (tertiary/aromatic N) is 4. The van der Waals surface area contributed by atoms with Crippen LogP contribution in [0.15, 0.2) is 24.5 Å². The van der Waals surface area contributed by atoms with Gasteiger partial charge < -0.3 is 4.40 Å². The van der Waals surface area contributed by atoms with Gasteiger partial charge in [0.05, 0.1) is 0 Å². The van der Waals surface area contributed by atoms with Crippen molar-refractivity contribution < 1.29 is 4.79 Å². The first-order valence-electron chi connectivity index (χ1n) is 7.10. The van der Waals surface area contributed by atoms with Crippen LogP contribution in [0.1, 0.15) is 34.9 Å². The van der Waals surface area contributed by atoms with Crippen LogP contribution in [0.2, 0.25) is 0 Å². The Morgan fingerprint density at radius 1 is 1.41 bits per heavy atom. The molecular weight excluding hydrogens is 298 g/mol. The zero-order chi connectivity index (χ0) is 15.7. The van der Waals surface area contributed by atoms with Crippen LogP contribution in [0.3, 0.4) is 0 Å². The number of carbonyl (C=O) groups excluding carboxylic acids is 1. The Labute approximate surface area is 132 Å². The highest BCUT2D eigenvalue weighted by molar-refractivity contribution is 7.15. The van der Waals surface area contributed by atoms with E-state index >= 15 is 0 Å². The first-order chi connectivity index (χ1) is 10.5. The van der Waals surface area contributed by atoms with E-state index in [1.807, 2.05) is 29.7 Å². The number of hydrogen-bond donors (Lipinski definition) is 1. The smallest absolute Gasteiger partial charge is 0.277 e. The van der Waals surface area contributed by atoms with Crippen molar-refractivity contribution in [1.82, 2.24) is 19.6 Å². The predicted molar refractivity (Wildman–Crippen MR) is 86.3 cm³/mol. The second kappa shape index (κ2) is 5.84. The summed E-state index contributed by atoms with van der Waals surface area (Å²) in [5, 5.41) is 12.3. The van der Waals surface area contributed by atoms with Crippen LogP contribution in [-0.2, 0) is 6.42 Å². The molecule has 1 N–H and O–H groups in total. The lowest BCUT2D eigenvalue weighted by Gasteiger charge is -1.97. The monoisotopic (exact) mass is 315 g/mol. The average Bonchev–Trinajstić information content (AvgIpc) is 3.04. The van der Waals surface area contributed by atoms with Crippen molar-refractivity contribution >= 4 is 28.0 Å². The Morgan fingerprint density at radius 2 is 2.23 bits per heavy atom. The van der Waals surface area contributed by atoms with Crippen molar-refractivity contribution in [1.29, 1.82) is 0 Å². The SMILES string of the molecule is Cc1ccn2cc(C(=O)Nc3nnc(CC(C)C)s3)nc2c1. The molecule has 0 atom stereocenters. The van der Waals surface area contributed by atoms with Crippen molar-refractivity contribution in [2.45, 2.75) is 27.2 Å². The topological polar surface area (TPSA) is 72.2 Å². The minimum atomic E-state index is -0.270. The number of nitrogens with one attached hydrogen (secondary N) is 1. The number of fused-ring (bicyclic) bond motifs is 1. The summed E-state index contributed by atoms with van der Waals surface area (Å²) >= 11 is 1.40. The summed E-state index contributed by atoms with van der Waals surface area (Å²) in [5.74, 6) is 0.242. The Kier molecular flexibility index (Phi) is 3.89. The second-order valence-electron chi connectivity index (χ2n) is 5.65. The maximum atomic E-state index is 12.3. The second-order valence-corrected chi connectivity index (χ2v) is 6.71. The van der Waals surface area contributed by atoms with Gasteiger partial charge in [-0.1, -0.05) is 25.2 Å². The normalized spacial score (nSPS) is 11.3. The first kappa shape index (κ1) is 14.6. The Bertz CT molecular complexity index is 820. The molecule has 0 radical (unpaired) electrons. The zero-order valence-electron chi connectivity index (χ0n) is 12.7. The van der Waals surface area contributed by atoms with Gasteiger partial charge in [0, 0.05) is 18.8 Å². The summed E-state index contributed by atoms with van der Waals surface area (Å²) in [6.07, 6.45) is 4.46. The van der Waals surface area contributed by atoms with Gasteiger partial charge in [-0.2, -0.15) is 0 Å². The lowest BCUT2D eigenvalue weighted by atomic mass is 10.1. The third-order valence-electron chi connectivity index (χ3n) is 3.12. The number of pyridine rings is 1. The van der Waals surface area contributed by atoms with Gasteiger partial charge in [0.25, 0.3) is 5.91 Å². The quantitative estimate of drug-likeness (QED) is 0.803. The van der Waals surface area contributed by atoms with Gasteiger partial charge in [0.2, 0.25) is 5.13 Å². The molecule has 7 heteroatoms. The first-order valence-corrected chi connectivity index (χ1v) is 7.92. The van der Waals surface area contributed by atoms with E-state index < -0.39 is 0 Å². The van der Waals surface area contributed by atoms with Crippen LogP contribution in [-0.4, -0.2) is 25.5 Å². The van der Waals surface area contributed by atoms with Crippen LogP contribution < -0.4 is 5.32 Å². The number of aromatic nitrogens is 4. The van der Waals surface area contributed by atoms with E-state index in [-0.39, 0.29) is 5.91 Å². The maximum Gasteiger partial charge on any atom is 0.277 e. The molecule has 0 aliphatic heterocycles. The van der Waals surface area contributed by atoms with Crippen LogP contribution in [0, 0.1) is 12.8 Å². The highest BCUT2D eigenvalue weighted by Crippen LogP contribution is 2.19. The van der Waals surface area contributed by atoms with Crippen LogP contribution in [0.25, 0.3) is 5.65 Å². The van der Waals surface area contributed by atoms with Crippen LogP contribution in [0.4, 0.5) is 5.13 Å². The van der Waals surface area contributed by atoms with E-state index in [2.05, 4.69) is 34.3 Å². The van der Waals surface area contributed by atoms with E-state index in [1.165, 1.54) is 11.3 Å². The number of hydrogen-bond acceptors (Lipinski definition) is 5. The average molecular weight is 315 g/mol. The Balaban J connectivity index is 1.76. The van der Waals surface area contributed by atoms with Crippen LogP contribution >= 0.6 is 11.3 Å². The molecule has 3 aromatic heterocycles. The Hall–Kier alpha value is -2.28. The number of amides is 1. The lowest BCUT2D eigenvalue weighted by Crippen LogP contribution is -2.12. The molecule has 0 saturated carbocycles. The molecule has 0 spiro atoms. The van der Waals surface area contributed by atoms with E-state index in [0.29, 0.717) is 16.7 Å². The fourth-order valence-electron chi connectivity index (χ4n) is 2.09. The molecule has 0 aliphatic carbocycles. The molecule has 6 nitrogen and oxygen atoms in total. The van der Waals surface area contributed by atoms with Crippen molar-refractivity contribution in [3.05, 3.63) is 40.8 Å². The fourth-order valence-corrected chi connectivity index (χ4v) is 3.04. The highest BCUT2D eigenvalue weighted by Gasteiger charge is 2.14. The number of aryl methyl sites for hydroxylation is 1. The molecule has 0 aromatic carbocycles.